The molecule has 16 heavy (non-hydrogen) atoms. The van der Waals surface area contributed by atoms with Crippen LogP contribution in [0.25, 0.3) is 0 Å². The average molecular weight is 234 g/mol. The Morgan fingerprint density at radius 1 is 1.19 bits per heavy atom. The lowest BCUT2D eigenvalue weighted by Crippen LogP contribution is -1.99. The molecule has 1 heterocycles. The van der Waals surface area contributed by atoms with Crippen LogP contribution < -0.4 is 5.73 Å². The second kappa shape index (κ2) is 5.09. The third-order valence-corrected chi connectivity index (χ3v) is 3.31. The van der Waals surface area contributed by atoms with Crippen LogP contribution in [-0.4, -0.2) is 4.98 Å². The van der Waals surface area contributed by atoms with Crippen molar-refractivity contribution in [1.82, 2.24) is 4.98 Å². The lowest BCUT2D eigenvalue weighted by molar-refractivity contribution is 0.597. The first-order valence-corrected chi connectivity index (χ1v) is 5.68. The molecule has 2 aromatic rings. The van der Waals surface area contributed by atoms with Gasteiger partial charge in [-0.2, -0.15) is 0 Å². The quantitative estimate of drug-likeness (QED) is 0.887. The van der Waals surface area contributed by atoms with E-state index in [9.17, 15) is 4.39 Å². The summed E-state index contributed by atoms with van der Waals surface area (Å²) in [6, 6.07) is 8.65. The maximum Gasteiger partial charge on any atom is 0.137 e. The first-order valence-electron chi connectivity index (χ1n) is 4.86. The van der Waals surface area contributed by atoms with Crippen LogP contribution in [0, 0.1) is 5.82 Å². The number of benzene rings is 1. The zero-order chi connectivity index (χ0) is 11.4. The highest BCUT2D eigenvalue weighted by Crippen LogP contribution is 2.32. The van der Waals surface area contributed by atoms with E-state index < -0.39 is 0 Å². The van der Waals surface area contributed by atoms with Crippen LogP contribution in [0.5, 0.6) is 0 Å². The number of rotatable bonds is 3. The van der Waals surface area contributed by atoms with Crippen LogP contribution in [0.1, 0.15) is 5.56 Å². The van der Waals surface area contributed by atoms with E-state index in [2.05, 4.69) is 4.98 Å². The molecule has 0 bridgehead atoms. The summed E-state index contributed by atoms with van der Waals surface area (Å²) in [6.07, 6.45) is 3.37. The largest absolute Gasteiger partial charge is 0.326 e. The number of halogens is 1. The molecule has 1 aromatic carbocycles. The molecule has 0 aliphatic carbocycles. The molecule has 82 valence electrons. The van der Waals surface area contributed by atoms with Crippen molar-refractivity contribution < 1.29 is 4.39 Å². The summed E-state index contributed by atoms with van der Waals surface area (Å²) in [7, 11) is 0. The van der Waals surface area contributed by atoms with E-state index in [0.717, 1.165) is 10.5 Å². The Labute approximate surface area is 97.7 Å². The summed E-state index contributed by atoms with van der Waals surface area (Å²) in [5.41, 5.74) is 6.40. The summed E-state index contributed by atoms with van der Waals surface area (Å²) in [4.78, 5) is 5.47. The van der Waals surface area contributed by atoms with Gasteiger partial charge in [-0.15, -0.1) is 0 Å². The lowest BCUT2D eigenvalue weighted by Gasteiger charge is -2.08. The molecule has 0 aliphatic heterocycles. The van der Waals surface area contributed by atoms with Gasteiger partial charge in [-0.1, -0.05) is 23.9 Å². The number of nitrogens with zero attached hydrogens (tertiary/aromatic N) is 1. The topological polar surface area (TPSA) is 38.9 Å². The predicted octanol–water partition coefficient (Wildman–Crippen LogP) is 2.83. The highest BCUT2D eigenvalue weighted by molar-refractivity contribution is 7.99. The van der Waals surface area contributed by atoms with Crippen molar-refractivity contribution >= 4 is 11.8 Å². The van der Waals surface area contributed by atoms with Crippen molar-refractivity contribution in [2.24, 2.45) is 5.73 Å². The standard InChI is InChI=1S/C12H11FN2S/c13-11-3-1-2-9(8-14)12(11)16-10-4-6-15-7-5-10/h1-7H,8,14H2. The smallest absolute Gasteiger partial charge is 0.137 e. The van der Waals surface area contributed by atoms with Crippen LogP contribution >= 0.6 is 11.8 Å². The summed E-state index contributed by atoms with van der Waals surface area (Å²) in [5.74, 6) is -0.232. The zero-order valence-electron chi connectivity index (χ0n) is 8.56. The normalized spacial score (nSPS) is 10.4. The molecule has 0 fully saturated rings. The Morgan fingerprint density at radius 3 is 2.62 bits per heavy atom. The molecule has 0 spiro atoms. The molecule has 2 nitrogen and oxygen atoms in total. The van der Waals surface area contributed by atoms with Crippen molar-refractivity contribution in [2.75, 3.05) is 0 Å². The SMILES string of the molecule is NCc1cccc(F)c1Sc1ccncc1. The van der Waals surface area contributed by atoms with Crippen molar-refractivity contribution in [3.05, 3.63) is 54.1 Å². The van der Waals surface area contributed by atoms with Gasteiger partial charge in [-0.3, -0.25) is 4.98 Å². The molecule has 0 saturated heterocycles. The monoisotopic (exact) mass is 234 g/mol. The first kappa shape index (κ1) is 11.1. The number of nitrogens with two attached hydrogens (primary N) is 1. The second-order valence-corrected chi connectivity index (χ2v) is 4.30. The van der Waals surface area contributed by atoms with Gasteiger partial charge in [0.25, 0.3) is 0 Å². The van der Waals surface area contributed by atoms with Crippen LogP contribution in [-0.2, 0) is 6.54 Å². The van der Waals surface area contributed by atoms with Gasteiger partial charge in [-0.25, -0.2) is 4.39 Å². The van der Waals surface area contributed by atoms with Crippen LogP contribution in [0.15, 0.2) is 52.5 Å². The first-order chi connectivity index (χ1) is 7.81. The molecule has 0 radical (unpaired) electrons. The van der Waals surface area contributed by atoms with Crippen molar-refractivity contribution in [3.8, 4) is 0 Å². The van der Waals surface area contributed by atoms with Crippen LogP contribution in [0.2, 0.25) is 0 Å². The highest BCUT2D eigenvalue weighted by Gasteiger charge is 2.08. The van der Waals surface area contributed by atoms with Crippen molar-refractivity contribution in [2.45, 2.75) is 16.3 Å². The summed E-state index contributed by atoms with van der Waals surface area (Å²) >= 11 is 1.37. The predicted molar refractivity (Wildman–Crippen MR) is 62.7 cm³/mol. The fourth-order valence-corrected chi connectivity index (χ4v) is 2.29. The van der Waals surface area contributed by atoms with Gasteiger partial charge in [0.1, 0.15) is 5.82 Å². The molecule has 0 aliphatic rings. The third-order valence-electron chi connectivity index (χ3n) is 2.14. The van der Waals surface area contributed by atoms with Gasteiger partial charge in [0.15, 0.2) is 0 Å². The molecule has 4 heteroatoms. The van der Waals surface area contributed by atoms with E-state index in [0.29, 0.717) is 11.4 Å². The lowest BCUT2D eigenvalue weighted by atomic mass is 10.2. The van der Waals surface area contributed by atoms with Crippen molar-refractivity contribution in [3.63, 3.8) is 0 Å². The van der Waals surface area contributed by atoms with E-state index in [1.54, 1.807) is 18.5 Å². The number of hydrogen-bond donors (Lipinski definition) is 1. The summed E-state index contributed by atoms with van der Waals surface area (Å²) in [5, 5.41) is 0. The van der Waals surface area contributed by atoms with E-state index in [-0.39, 0.29) is 5.82 Å². The summed E-state index contributed by atoms with van der Waals surface area (Å²) in [6.45, 7) is 0.338. The van der Waals surface area contributed by atoms with E-state index in [1.807, 2.05) is 18.2 Å². The molecule has 1 aromatic heterocycles. The Balaban J connectivity index is 2.34. The fraction of sp³-hybridized carbons (Fsp3) is 0.0833. The number of hydrogen-bond acceptors (Lipinski definition) is 3. The number of aromatic nitrogens is 1. The minimum atomic E-state index is -0.232. The molecule has 2 N–H and O–H groups in total. The second-order valence-electron chi connectivity index (χ2n) is 3.22. The van der Waals surface area contributed by atoms with Gasteiger partial charge in [0, 0.05) is 23.8 Å². The molecule has 0 saturated carbocycles. The third kappa shape index (κ3) is 2.40. The van der Waals surface area contributed by atoms with Gasteiger partial charge in [-0.05, 0) is 23.8 Å². The van der Waals surface area contributed by atoms with Crippen molar-refractivity contribution in [1.29, 1.82) is 0 Å². The van der Waals surface area contributed by atoms with Crippen LogP contribution in [0.3, 0.4) is 0 Å². The Hall–Kier alpha value is -1.39. The Morgan fingerprint density at radius 2 is 1.94 bits per heavy atom. The van der Waals surface area contributed by atoms with E-state index in [1.165, 1.54) is 17.8 Å². The maximum absolute atomic E-state index is 13.6. The Bertz CT molecular complexity index is 474. The summed E-state index contributed by atoms with van der Waals surface area (Å²) < 4.78 is 13.6. The molecular formula is C12H11FN2S. The molecule has 0 amide bonds. The minimum Gasteiger partial charge on any atom is -0.326 e. The zero-order valence-corrected chi connectivity index (χ0v) is 9.38. The van der Waals surface area contributed by atoms with E-state index >= 15 is 0 Å². The fourth-order valence-electron chi connectivity index (χ4n) is 1.35. The number of pyridine rings is 1. The minimum absolute atomic E-state index is 0.232. The maximum atomic E-state index is 13.6. The highest BCUT2D eigenvalue weighted by atomic mass is 32.2. The van der Waals surface area contributed by atoms with E-state index in [4.69, 9.17) is 5.73 Å². The molecule has 0 unspecified atom stereocenters. The van der Waals surface area contributed by atoms with Gasteiger partial charge in [0.05, 0.1) is 4.90 Å². The van der Waals surface area contributed by atoms with Crippen LogP contribution in [0.4, 0.5) is 4.39 Å². The molecular weight excluding hydrogens is 223 g/mol. The molecule has 0 atom stereocenters. The Kier molecular flexibility index (Phi) is 3.54. The molecule has 2 rings (SSSR count). The van der Waals surface area contributed by atoms with Gasteiger partial charge >= 0.3 is 0 Å². The average Bonchev–Trinajstić information content (AvgIpc) is 2.33. The van der Waals surface area contributed by atoms with Gasteiger partial charge in [0.2, 0.25) is 0 Å². The van der Waals surface area contributed by atoms with Gasteiger partial charge < -0.3 is 5.73 Å².